The zero-order valence-electron chi connectivity index (χ0n) is 19.1. The highest BCUT2D eigenvalue weighted by atomic mass is 16.5. The average molecular weight is 445 g/mol. The van der Waals surface area contributed by atoms with Gasteiger partial charge in [0.15, 0.2) is 0 Å². The second-order valence-electron chi connectivity index (χ2n) is 8.38. The highest BCUT2D eigenvalue weighted by Gasteiger charge is 2.46. The van der Waals surface area contributed by atoms with Crippen LogP contribution in [0.3, 0.4) is 0 Å². The number of carbonyl (C=O) groups is 2. The van der Waals surface area contributed by atoms with E-state index in [1.807, 2.05) is 79.7 Å². The molecule has 1 heterocycles. The first-order valence-electron chi connectivity index (χ1n) is 10.9. The van der Waals surface area contributed by atoms with Crippen molar-refractivity contribution in [3.05, 3.63) is 95.1 Å². The highest BCUT2D eigenvalue weighted by molar-refractivity contribution is 6.02. The fourth-order valence-electron chi connectivity index (χ4n) is 4.24. The maximum absolute atomic E-state index is 13.5. The molecule has 0 saturated carbocycles. The van der Waals surface area contributed by atoms with Gasteiger partial charge in [-0.3, -0.25) is 9.59 Å². The van der Waals surface area contributed by atoms with Crippen LogP contribution in [-0.4, -0.2) is 36.5 Å². The summed E-state index contributed by atoms with van der Waals surface area (Å²) in [6.45, 7) is 2.50. The number of fused-ring (bicyclic) bond motifs is 1. The number of rotatable bonds is 7. The van der Waals surface area contributed by atoms with Crippen molar-refractivity contribution in [2.24, 2.45) is 0 Å². The van der Waals surface area contributed by atoms with Gasteiger partial charge in [0.25, 0.3) is 5.91 Å². The zero-order chi connectivity index (χ0) is 23.4. The second kappa shape index (κ2) is 9.36. The molecule has 0 aromatic heterocycles. The quantitative estimate of drug-likeness (QED) is 0.599. The van der Waals surface area contributed by atoms with Crippen LogP contribution >= 0.6 is 0 Å². The van der Waals surface area contributed by atoms with Crippen molar-refractivity contribution in [1.29, 1.82) is 0 Å². The van der Waals surface area contributed by atoms with E-state index < -0.39 is 5.54 Å². The Labute approximate surface area is 194 Å². The minimum Gasteiger partial charge on any atom is -0.497 e. The number of benzene rings is 3. The van der Waals surface area contributed by atoms with Gasteiger partial charge in [-0.05, 0) is 53.9 Å². The third-order valence-corrected chi connectivity index (χ3v) is 6.20. The van der Waals surface area contributed by atoms with Crippen LogP contribution in [0.1, 0.15) is 34.0 Å². The van der Waals surface area contributed by atoms with Gasteiger partial charge in [0, 0.05) is 25.1 Å². The normalized spacial score (nSPS) is 17.3. The summed E-state index contributed by atoms with van der Waals surface area (Å²) in [5.41, 5.74) is 2.33. The van der Waals surface area contributed by atoms with E-state index in [0.29, 0.717) is 30.8 Å². The summed E-state index contributed by atoms with van der Waals surface area (Å²) >= 11 is 0. The van der Waals surface area contributed by atoms with Crippen LogP contribution in [0.25, 0.3) is 0 Å². The first-order chi connectivity index (χ1) is 15.9. The summed E-state index contributed by atoms with van der Waals surface area (Å²) in [4.78, 5) is 28.8. The lowest BCUT2D eigenvalue weighted by molar-refractivity contribution is -0.132. The van der Waals surface area contributed by atoms with E-state index in [0.717, 1.165) is 22.4 Å². The molecule has 0 radical (unpaired) electrons. The van der Waals surface area contributed by atoms with E-state index in [9.17, 15) is 9.59 Å². The van der Waals surface area contributed by atoms with Gasteiger partial charge in [0.2, 0.25) is 5.91 Å². The Kier molecular flexibility index (Phi) is 6.36. The van der Waals surface area contributed by atoms with Crippen molar-refractivity contribution in [3.63, 3.8) is 0 Å². The molecule has 1 unspecified atom stereocenters. The summed E-state index contributed by atoms with van der Waals surface area (Å²) in [6, 6.07) is 22.6. The van der Waals surface area contributed by atoms with Gasteiger partial charge in [-0.2, -0.15) is 0 Å². The molecular formula is C27H28N2O4. The summed E-state index contributed by atoms with van der Waals surface area (Å²) in [5, 5.41) is 3.04. The smallest absolute Gasteiger partial charge is 0.255 e. The van der Waals surface area contributed by atoms with Crippen LogP contribution in [0.5, 0.6) is 11.5 Å². The van der Waals surface area contributed by atoms with E-state index in [2.05, 4.69) is 5.32 Å². The van der Waals surface area contributed by atoms with Gasteiger partial charge in [-0.25, -0.2) is 0 Å². The van der Waals surface area contributed by atoms with Gasteiger partial charge in [-0.15, -0.1) is 0 Å². The molecule has 4 rings (SSSR count). The number of hydrogen-bond acceptors (Lipinski definition) is 4. The lowest BCUT2D eigenvalue weighted by Crippen LogP contribution is -2.62. The Morgan fingerprint density at radius 3 is 2.39 bits per heavy atom. The molecule has 33 heavy (non-hydrogen) atoms. The second-order valence-corrected chi connectivity index (χ2v) is 8.38. The summed E-state index contributed by atoms with van der Waals surface area (Å²) in [5.74, 6) is 1.13. The Morgan fingerprint density at radius 2 is 1.67 bits per heavy atom. The van der Waals surface area contributed by atoms with E-state index in [1.165, 1.54) is 0 Å². The Morgan fingerprint density at radius 1 is 0.939 bits per heavy atom. The van der Waals surface area contributed by atoms with E-state index in [-0.39, 0.29) is 11.8 Å². The highest BCUT2D eigenvalue weighted by Crippen LogP contribution is 2.33. The minimum atomic E-state index is -1.04. The van der Waals surface area contributed by atoms with Gasteiger partial charge in [0.05, 0.1) is 14.2 Å². The zero-order valence-corrected chi connectivity index (χ0v) is 19.1. The molecule has 1 aliphatic heterocycles. The fraction of sp³-hybridized carbons (Fsp3) is 0.259. The third-order valence-electron chi connectivity index (χ3n) is 6.20. The van der Waals surface area contributed by atoms with Crippen LogP contribution in [0.2, 0.25) is 0 Å². The summed E-state index contributed by atoms with van der Waals surface area (Å²) in [6.07, 6.45) is 0.438. The minimum absolute atomic E-state index is 0.151. The monoisotopic (exact) mass is 444 g/mol. The van der Waals surface area contributed by atoms with Crippen LogP contribution in [0, 0.1) is 0 Å². The number of carbonyl (C=O) groups excluding carboxylic acids is 2. The van der Waals surface area contributed by atoms with Crippen LogP contribution in [0.4, 0.5) is 0 Å². The molecule has 0 aliphatic carbocycles. The van der Waals surface area contributed by atoms with Gasteiger partial charge in [-0.1, -0.05) is 42.5 Å². The molecule has 0 fully saturated rings. The Balaban J connectivity index is 1.62. The first-order valence-corrected chi connectivity index (χ1v) is 10.9. The Hall–Kier alpha value is -3.80. The molecule has 0 saturated heterocycles. The summed E-state index contributed by atoms with van der Waals surface area (Å²) in [7, 11) is 3.23. The van der Waals surface area contributed by atoms with E-state index in [1.54, 1.807) is 19.1 Å². The molecule has 0 spiro atoms. The maximum Gasteiger partial charge on any atom is 0.255 e. The molecule has 3 aromatic carbocycles. The molecule has 170 valence electrons. The van der Waals surface area contributed by atoms with Gasteiger partial charge >= 0.3 is 0 Å². The predicted molar refractivity (Wildman–Crippen MR) is 126 cm³/mol. The molecule has 1 aliphatic rings. The van der Waals surface area contributed by atoms with Crippen molar-refractivity contribution < 1.29 is 19.1 Å². The molecule has 1 atom stereocenters. The molecule has 3 aromatic rings. The molecule has 2 amide bonds. The van der Waals surface area contributed by atoms with E-state index in [4.69, 9.17) is 9.47 Å². The largest absolute Gasteiger partial charge is 0.497 e. The average Bonchev–Trinajstić information content (AvgIpc) is 2.85. The van der Waals surface area contributed by atoms with Crippen molar-refractivity contribution in [2.45, 2.75) is 32.0 Å². The lowest BCUT2D eigenvalue weighted by Gasteiger charge is -2.44. The van der Waals surface area contributed by atoms with Crippen LogP contribution in [-0.2, 0) is 24.3 Å². The SMILES string of the molecule is COc1ccc(CNC(=O)C2(C)Cc3ccccc3C(=O)N2Cc2cccc(OC)c2)cc1. The first kappa shape index (κ1) is 22.4. The maximum atomic E-state index is 13.5. The molecule has 6 nitrogen and oxygen atoms in total. The van der Waals surface area contributed by atoms with E-state index >= 15 is 0 Å². The number of nitrogens with zero attached hydrogens (tertiary/aromatic N) is 1. The lowest BCUT2D eigenvalue weighted by atomic mass is 9.82. The van der Waals surface area contributed by atoms with Crippen LogP contribution < -0.4 is 14.8 Å². The van der Waals surface area contributed by atoms with Crippen LogP contribution in [0.15, 0.2) is 72.8 Å². The van der Waals surface area contributed by atoms with Gasteiger partial charge < -0.3 is 19.7 Å². The number of ether oxygens (including phenoxy) is 2. The number of hydrogen-bond donors (Lipinski definition) is 1. The van der Waals surface area contributed by atoms with Crippen molar-refractivity contribution >= 4 is 11.8 Å². The molecule has 1 N–H and O–H groups in total. The van der Waals surface area contributed by atoms with Crippen molar-refractivity contribution in [3.8, 4) is 11.5 Å². The number of methoxy groups -OCH3 is 2. The molecular weight excluding hydrogens is 416 g/mol. The Bertz CT molecular complexity index is 1160. The van der Waals surface area contributed by atoms with Crippen molar-refractivity contribution in [2.75, 3.05) is 14.2 Å². The molecule has 6 heteroatoms. The standard InChI is InChI=1S/C27H28N2O4/c1-27(26(31)28-17-19-11-13-22(32-2)14-12-19)16-21-8-4-5-10-24(21)25(30)29(27)18-20-7-6-9-23(15-20)33-3/h4-15H,16-18H2,1-3H3,(H,28,31). The number of nitrogens with one attached hydrogen (secondary N) is 1. The van der Waals surface area contributed by atoms with Crippen molar-refractivity contribution in [1.82, 2.24) is 10.2 Å². The fourth-order valence-corrected chi connectivity index (χ4v) is 4.24. The topological polar surface area (TPSA) is 67.9 Å². The van der Waals surface area contributed by atoms with Gasteiger partial charge in [0.1, 0.15) is 17.0 Å². The summed E-state index contributed by atoms with van der Waals surface area (Å²) < 4.78 is 10.5. The predicted octanol–water partition coefficient (Wildman–Crippen LogP) is 3.98. The molecule has 0 bridgehead atoms. The number of amides is 2. The third kappa shape index (κ3) is 4.55.